The van der Waals surface area contributed by atoms with Crippen molar-refractivity contribution in [2.24, 2.45) is 0 Å². The number of terminal acetylenes is 1. The van der Waals surface area contributed by atoms with E-state index in [0.29, 0.717) is 29.9 Å². The van der Waals surface area contributed by atoms with Crippen molar-refractivity contribution < 1.29 is 53.8 Å². The van der Waals surface area contributed by atoms with Crippen LogP contribution in [0.4, 0.5) is 4.79 Å². The third kappa shape index (κ3) is 10.4. The Hall–Kier alpha value is -5.17. The summed E-state index contributed by atoms with van der Waals surface area (Å²) in [5, 5.41) is 50.4. The third-order valence-corrected chi connectivity index (χ3v) is 8.26. The van der Waals surface area contributed by atoms with Crippen LogP contribution in [0.15, 0.2) is 72.8 Å². The summed E-state index contributed by atoms with van der Waals surface area (Å²) >= 11 is 0. The lowest BCUT2D eigenvalue weighted by molar-refractivity contribution is -0.314. The van der Waals surface area contributed by atoms with E-state index in [-0.39, 0.29) is 18.8 Å². The van der Waals surface area contributed by atoms with Gasteiger partial charge in [-0.05, 0) is 46.5 Å². The van der Waals surface area contributed by atoms with Gasteiger partial charge < -0.3 is 55.3 Å². The minimum Gasteiger partial charge on any atom is -0.508 e. The molecule has 0 spiro atoms. The number of hydrogen-bond acceptors (Lipinski definition) is 11. The SMILES string of the molecule is C#CCCOc1ccc(CO[C@]2(C(=O)OC)C[C@H](O)[C@@H](NC(=O)NC)[C@H]([C@H](O)[C@H](O)CNC(=O)Cc3ccc(-c4ccc(O)cc4)cc3)O2)cc1. The molecule has 51 heavy (non-hydrogen) atoms. The van der Waals surface area contributed by atoms with E-state index >= 15 is 0 Å². The molecule has 0 radical (unpaired) electrons. The highest BCUT2D eigenvalue weighted by molar-refractivity contribution is 5.79. The maximum atomic E-state index is 13.2. The Labute approximate surface area is 295 Å². The Morgan fingerprint density at radius 1 is 1.00 bits per heavy atom. The fourth-order valence-corrected chi connectivity index (χ4v) is 5.47. The Morgan fingerprint density at radius 3 is 2.24 bits per heavy atom. The van der Waals surface area contributed by atoms with Gasteiger partial charge in [-0.3, -0.25) is 4.79 Å². The van der Waals surface area contributed by atoms with Crippen LogP contribution in [0, 0.1) is 12.3 Å². The number of esters is 1. The summed E-state index contributed by atoms with van der Waals surface area (Å²) in [6.07, 6.45) is -1.49. The zero-order chi connectivity index (χ0) is 37.0. The molecule has 14 heteroatoms. The lowest BCUT2D eigenvalue weighted by Gasteiger charge is -2.47. The van der Waals surface area contributed by atoms with E-state index in [1.807, 2.05) is 12.1 Å². The predicted octanol–water partition coefficient (Wildman–Crippen LogP) is 1.38. The molecule has 14 nitrogen and oxygen atoms in total. The van der Waals surface area contributed by atoms with Crippen LogP contribution in [0.5, 0.6) is 11.5 Å². The number of ether oxygens (including phenoxy) is 4. The lowest BCUT2D eigenvalue weighted by Crippen LogP contribution is -2.68. The van der Waals surface area contributed by atoms with Crippen molar-refractivity contribution in [2.45, 2.75) is 62.1 Å². The molecule has 1 fully saturated rings. The van der Waals surface area contributed by atoms with Gasteiger partial charge in [0.1, 0.15) is 23.7 Å². The maximum absolute atomic E-state index is 13.2. The highest BCUT2D eigenvalue weighted by atomic mass is 16.7. The van der Waals surface area contributed by atoms with Crippen molar-refractivity contribution in [3.63, 3.8) is 0 Å². The van der Waals surface area contributed by atoms with Crippen LogP contribution in [0.1, 0.15) is 24.0 Å². The van der Waals surface area contributed by atoms with Crippen LogP contribution >= 0.6 is 0 Å². The van der Waals surface area contributed by atoms with Crippen LogP contribution < -0.4 is 20.7 Å². The molecule has 1 aliphatic heterocycles. The first-order valence-electron chi connectivity index (χ1n) is 16.2. The second kappa shape index (κ2) is 18.2. The number of phenols is 1. The molecule has 3 aromatic rings. The molecule has 6 atom stereocenters. The van der Waals surface area contributed by atoms with Crippen molar-refractivity contribution in [2.75, 3.05) is 27.3 Å². The van der Waals surface area contributed by atoms with Crippen molar-refractivity contribution in [3.05, 3.63) is 83.9 Å². The molecular formula is C37H43N3O11. The number of aliphatic hydroxyl groups excluding tert-OH is 3. The number of phenolic OH excluding ortho intramolecular Hbond substituents is 1. The fraction of sp³-hybridized carbons (Fsp3) is 0.378. The predicted molar refractivity (Wildman–Crippen MR) is 184 cm³/mol. The standard InChI is InChI=1S/C37H43N3O11/c1-4-5-18-49-28-16-8-24(9-17-28)22-50-37(35(46)48-3)20-29(42)32(40-36(47)38-2)34(51-37)33(45)30(43)21-39-31(44)19-23-6-10-25(11-7-23)26-12-14-27(41)15-13-26/h1,6-17,29-30,32-34,41-43,45H,5,18-22H2,2-3H3,(H,39,44)(H2,38,40,47)/t29-,30+,32+,33+,34+,37+/m0/s1. The normalized spacial score (nSPS) is 21.0. The number of urea groups is 1. The third-order valence-electron chi connectivity index (χ3n) is 8.26. The van der Waals surface area contributed by atoms with Crippen LogP contribution in [0.3, 0.4) is 0 Å². The van der Waals surface area contributed by atoms with Crippen LogP contribution in [-0.2, 0) is 36.8 Å². The number of aliphatic hydroxyl groups is 3. The van der Waals surface area contributed by atoms with Crippen molar-refractivity contribution in [3.8, 4) is 35.0 Å². The summed E-state index contributed by atoms with van der Waals surface area (Å²) < 4.78 is 22.5. The zero-order valence-electron chi connectivity index (χ0n) is 28.3. The molecule has 1 aliphatic rings. The van der Waals surface area contributed by atoms with Crippen molar-refractivity contribution in [1.29, 1.82) is 0 Å². The van der Waals surface area contributed by atoms with E-state index < -0.39 is 67.1 Å². The summed E-state index contributed by atoms with van der Waals surface area (Å²) in [5.41, 5.74) is 3.06. The largest absolute Gasteiger partial charge is 0.508 e. The van der Waals surface area contributed by atoms with Gasteiger partial charge in [-0.25, -0.2) is 9.59 Å². The van der Waals surface area contributed by atoms with Gasteiger partial charge in [-0.1, -0.05) is 48.5 Å². The molecular weight excluding hydrogens is 662 g/mol. The first-order valence-corrected chi connectivity index (χ1v) is 16.2. The number of hydrogen-bond donors (Lipinski definition) is 7. The minimum absolute atomic E-state index is 0.0323. The van der Waals surface area contributed by atoms with Gasteiger partial charge in [0.15, 0.2) is 0 Å². The zero-order valence-corrected chi connectivity index (χ0v) is 28.3. The molecule has 3 amide bonds. The van der Waals surface area contributed by atoms with Gasteiger partial charge in [0.25, 0.3) is 5.79 Å². The van der Waals surface area contributed by atoms with Gasteiger partial charge in [0.2, 0.25) is 5.91 Å². The molecule has 4 rings (SSSR count). The summed E-state index contributed by atoms with van der Waals surface area (Å²) in [7, 11) is 2.44. The number of benzene rings is 3. The molecule has 0 aromatic heterocycles. The highest BCUT2D eigenvalue weighted by Gasteiger charge is 2.56. The summed E-state index contributed by atoms with van der Waals surface area (Å²) in [5.74, 6) is -0.524. The second-order valence-electron chi connectivity index (χ2n) is 11.9. The Bertz CT molecular complexity index is 1640. The summed E-state index contributed by atoms with van der Waals surface area (Å²) in [6, 6.07) is 18.6. The first-order chi connectivity index (χ1) is 24.5. The number of carbonyl (C=O) groups is 3. The van der Waals surface area contributed by atoms with Gasteiger partial charge in [0.05, 0.1) is 45.0 Å². The van der Waals surface area contributed by atoms with Gasteiger partial charge in [-0.2, -0.15) is 0 Å². The average Bonchev–Trinajstić information content (AvgIpc) is 3.14. The molecule has 3 aromatic carbocycles. The van der Waals surface area contributed by atoms with E-state index in [1.54, 1.807) is 60.7 Å². The topological polar surface area (TPSA) is 205 Å². The Balaban J connectivity index is 1.43. The van der Waals surface area contributed by atoms with E-state index in [0.717, 1.165) is 18.2 Å². The average molecular weight is 706 g/mol. The Kier molecular flexibility index (Phi) is 13.8. The second-order valence-corrected chi connectivity index (χ2v) is 11.9. The molecule has 272 valence electrons. The van der Waals surface area contributed by atoms with Crippen molar-refractivity contribution in [1.82, 2.24) is 16.0 Å². The molecule has 0 unspecified atom stereocenters. The van der Waals surface area contributed by atoms with Crippen LogP contribution in [0.25, 0.3) is 11.1 Å². The van der Waals surface area contributed by atoms with Gasteiger partial charge in [-0.15, -0.1) is 12.3 Å². The number of nitrogens with one attached hydrogen (secondary N) is 3. The number of rotatable bonds is 15. The van der Waals surface area contributed by atoms with E-state index in [4.69, 9.17) is 25.4 Å². The van der Waals surface area contributed by atoms with E-state index in [1.165, 1.54) is 7.05 Å². The molecule has 0 bridgehead atoms. The molecule has 7 N–H and O–H groups in total. The van der Waals surface area contributed by atoms with Gasteiger partial charge >= 0.3 is 12.0 Å². The summed E-state index contributed by atoms with van der Waals surface area (Å²) in [6.45, 7) is -0.293. The van der Waals surface area contributed by atoms with Crippen molar-refractivity contribution >= 4 is 17.9 Å². The molecule has 1 saturated heterocycles. The lowest BCUT2D eigenvalue weighted by atomic mass is 9.88. The smallest absolute Gasteiger partial charge is 0.366 e. The molecule has 0 aliphatic carbocycles. The highest BCUT2D eigenvalue weighted by Crippen LogP contribution is 2.35. The van der Waals surface area contributed by atoms with Gasteiger partial charge in [0, 0.05) is 26.4 Å². The molecule has 1 heterocycles. The Morgan fingerprint density at radius 2 is 1.63 bits per heavy atom. The summed E-state index contributed by atoms with van der Waals surface area (Å²) in [4.78, 5) is 38.2. The number of aromatic hydroxyl groups is 1. The number of carbonyl (C=O) groups excluding carboxylic acids is 3. The van der Waals surface area contributed by atoms with Crippen LogP contribution in [0.2, 0.25) is 0 Å². The fourth-order valence-electron chi connectivity index (χ4n) is 5.47. The number of amides is 3. The minimum atomic E-state index is -2.25. The quantitative estimate of drug-likeness (QED) is 0.0684. The van der Waals surface area contributed by atoms with E-state index in [2.05, 4.69) is 21.9 Å². The first kappa shape index (κ1) is 38.6. The maximum Gasteiger partial charge on any atom is 0.366 e. The van der Waals surface area contributed by atoms with E-state index in [9.17, 15) is 34.8 Å². The van der Waals surface area contributed by atoms with Crippen LogP contribution in [-0.4, -0.2) is 102 Å². The monoisotopic (exact) mass is 705 g/mol. The molecule has 0 saturated carbocycles. The number of methoxy groups -OCH3 is 1.